The molecule has 4 heteroatoms. The molecule has 0 aliphatic rings. The second kappa shape index (κ2) is 10.9. The molecule has 0 aliphatic carbocycles. The average molecular weight is 304 g/mol. The molecule has 0 bridgehead atoms. The van der Waals surface area contributed by atoms with Crippen LogP contribution in [0.4, 0.5) is 0 Å². The van der Waals surface area contributed by atoms with E-state index >= 15 is 0 Å². The summed E-state index contributed by atoms with van der Waals surface area (Å²) in [6, 6.07) is 3.64. The van der Waals surface area contributed by atoms with E-state index in [4.69, 9.17) is 0 Å². The molecule has 1 aromatic heterocycles. The van der Waals surface area contributed by atoms with E-state index in [0.717, 1.165) is 18.6 Å². The normalized spacial score (nSPS) is 11.5. The first-order valence-corrected chi connectivity index (χ1v) is 8.42. The van der Waals surface area contributed by atoms with Gasteiger partial charge in [0.15, 0.2) is 12.4 Å². The number of carbonyl (C=O) groups is 1. The van der Waals surface area contributed by atoms with E-state index < -0.39 is 0 Å². The Balaban J connectivity index is 2.21. The van der Waals surface area contributed by atoms with Crippen molar-refractivity contribution in [2.24, 2.45) is 12.1 Å². The quantitative estimate of drug-likeness (QED) is 0.304. The number of nitrogens with zero attached hydrogens (tertiary/aromatic N) is 2. The minimum Gasteiger partial charge on any atom is -0.267 e. The molecule has 22 heavy (non-hydrogen) atoms. The molecule has 1 heterocycles. The number of pyridine rings is 1. The summed E-state index contributed by atoms with van der Waals surface area (Å²) in [7, 11) is 1.89. The van der Waals surface area contributed by atoms with Crippen molar-refractivity contribution in [1.82, 2.24) is 5.43 Å². The van der Waals surface area contributed by atoms with Gasteiger partial charge in [0.05, 0.1) is 0 Å². The Hall–Kier alpha value is -1.71. The van der Waals surface area contributed by atoms with Crippen molar-refractivity contribution in [3.05, 3.63) is 30.1 Å². The number of aryl methyl sites for hydroxylation is 1. The Bertz CT molecular complexity index is 483. The van der Waals surface area contributed by atoms with Crippen LogP contribution in [0.15, 0.2) is 29.6 Å². The molecule has 0 saturated heterocycles. The van der Waals surface area contributed by atoms with Crippen molar-refractivity contribution in [2.75, 3.05) is 0 Å². The lowest BCUT2D eigenvalue weighted by atomic mass is 10.1. The zero-order valence-corrected chi connectivity index (χ0v) is 14.3. The zero-order valence-electron chi connectivity index (χ0n) is 14.3. The second-order valence-electron chi connectivity index (χ2n) is 5.92. The van der Waals surface area contributed by atoms with E-state index in [0.29, 0.717) is 5.56 Å². The lowest BCUT2D eigenvalue weighted by Gasteiger charge is -2.03. The molecule has 1 rings (SSSR count). The number of unbranched alkanes of at least 4 members (excludes halogenated alkanes) is 6. The third-order valence-corrected chi connectivity index (χ3v) is 3.69. The van der Waals surface area contributed by atoms with Gasteiger partial charge >= 0.3 is 0 Å². The molecule has 0 unspecified atom stereocenters. The predicted molar refractivity (Wildman–Crippen MR) is 90.8 cm³/mol. The molecule has 0 saturated carbocycles. The number of rotatable bonds is 10. The van der Waals surface area contributed by atoms with Gasteiger partial charge in [0.1, 0.15) is 12.6 Å². The standard InChI is InChI=1S/C18H29N3O/c1-4-5-6-7-8-9-10-12-16(2)19-20-18(22)17-13-11-14-21(3)15-17/h11,13-15H,4-10,12H2,1-3H3/p+1/b19-16+. The monoisotopic (exact) mass is 304 g/mol. The number of nitrogens with one attached hydrogen (secondary N) is 1. The van der Waals surface area contributed by atoms with Crippen LogP contribution in [0.5, 0.6) is 0 Å². The molecule has 0 fully saturated rings. The minimum atomic E-state index is -0.157. The van der Waals surface area contributed by atoms with Crippen molar-refractivity contribution in [2.45, 2.75) is 65.2 Å². The highest BCUT2D eigenvalue weighted by molar-refractivity contribution is 5.94. The molecule has 0 spiro atoms. The topological polar surface area (TPSA) is 45.3 Å². The van der Waals surface area contributed by atoms with Gasteiger partial charge in [-0.3, -0.25) is 4.79 Å². The van der Waals surface area contributed by atoms with Gasteiger partial charge in [-0.05, 0) is 25.8 Å². The third-order valence-electron chi connectivity index (χ3n) is 3.69. The fourth-order valence-corrected chi connectivity index (χ4v) is 2.33. The van der Waals surface area contributed by atoms with E-state index in [-0.39, 0.29) is 5.91 Å². The maximum atomic E-state index is 11.9. The Morgan fingerprint density at radius 1 is 1.18 bits per heavy atom. The summed E-state index contributed by atoms with van der Waals surface area (Å²) in [6.07, 6.45) is 13.7. The van der Waals surface area contributed by atoms with Gasteiger partial charge in [0, 0.05) is 11.8 Å². The van der Waals surface area contributed by atoms with Crippen LogP contribution in [0.3, 0.4) is 0 Å². The molecule has 1 N–H and O–H groups in total. The van der Waals surface area contributed by atoms with Crippen LogP contribution in [0.25, 0.3) is 0 Å². The number of hydrogen-bond acceptors (Lipinski definition) is 2. The Morgan fingerprint density at radius 3 is 2.55 bits per heavy atom. The molecular formula is C18H30N3O+. The number of amides is 1. The molecule has 4 nitrogen and oxygen atoms in total. The maximum absolute atomic E-state index is 11.9. The van der Waals surface area contributed by atoms with Gasteiger partial charge < -0.3 is 0 Å². The fraction of sp³-hybridized carbons (Fsp3) is 0.611. The van der Waals surface area contributed by atoms with E-state index in [9.17, 15) is 4.79 Å². The van der Waals surface area contributed by atoms with Crippen molar-refractivity contribution in [3.63, 3.8) is 0 Å². The molecule has 0 aromatic carbocycles. The van der Waals surface area contributed by atoms with Gasteiger partial charge in [0.2, 0.25) is 0 Å². The molecule has 0 radical (unpaired) electrons. The SMILES string of the molecule is CCCCCCCCC/C(C)=N/NC(=O)c1ccc[n+](C)c1. The molecule has 1 aromatic rings. The number of aromatic nitrogens is 1. The van der Waals surface area contributed by atoms with Crippen LogP contribution < -0.4 is 9.99 Å². The second-order valence-corrected chi connectivity index (χ2v) is 5.92. The molecule has 0 atom stereocenters. The molecule has 122 valence electrons. The lowest BCUT2D eigenvalue weighted by molar-refractivity contribution is -0.671. The van der Waals surface area contributed by atoms with Gasteiger partial charge in [-0.2, -0.15) is 5.10 Å². The maximum Gasteiger partial charge on any atom is 0.277 e. The van der Waals surface area contributed by atoms with Crippen LogP contribution in [-0.2, 0) is 7.05 Å². The van der Waals surface area contributed by atoms with Crippen LogP contribution in [0, 0.1) is 0 Å². The third kappa shape index (κ3) is 7.91. The number of hydrogen-bond donors (Lipinski definition) is 1. The summed E-state index contributed by atoms with van der Waals surface area (Å²) >= 11 is 0. The van der Waals surface area contributed by atoms with Gasteiger partial charge in [-0.25, -0.2) is 9.99 Å². The van der Waals surface area contributed by atoms with Crippen molar-refractivity contribution < 1.29 is 9.36 Å². The van der Waals surface area contributed by atoms with Crippen molar-refractivity contribution >= 4 is 11.6 Å². The summed E-state index contributed by atoms with van der Waals surface area (Å²) in [5.74, 6) is -0.157. The lowest BCUT2D eigenvalue weighted by Crippen LogP contribution is -2.30. The summed E-state index contributed by atoms with van der Waals surface area (Å²) in [4.78, 5) is 11.9. The predicted octanol–water partition coefficient (Wildman–Crippen LogP) is 3.76. The number of hydrazone groups is 1. The van der Waals surface area contributed by atoms with E-state index in [2.05, 4.69) is 17.5 Å². The van der Waals surface area contributed by atoms with Crippen LogP contribution >= 0.6 is 0 Å². The van der Waals surface area contributed by atoms with Gasteiger partial charge in [-0.1, -0.05) is 45.4 Å². The zero-order chi connectivity index (χ0) is 16.2. The van der Waals surface area contributed by atoms with Crippen LogP contribution in [0.2, 0.25) is 0 Å². The Kier molecular flexibility index (Phi) is 9.12. The highest BCUT2D eigenvalue weighted by atomic mass is 16.2. The first-order valence-electron chi connectivity index (χ1n) is 8.42. The Morgan fingerprint density at radius 2 is 1.86 bits per heavy atom. The largest absolute Gasteiger partial charge is 0.277 e. The summed E-state index contributed by atoms with van der Waals surface area (Å²) in [5, 5.41) is 4.19. The van der Waals surface area contributed by atoms with Gasteiger partial charge in [0.25, 0.3) is 5.91 Å². The van der Waals surface area contributed by atoms with Crippen LogP contribution in [0.1, 0.15) is 75.6 Å². The van der Waals surface area contributed by atoms with E-state index in [1.165, 1.54) is 38.5 Å². The van der Waals surface area contributed by atoms with Crippen LogP contribution in [-0.4, -0.2) is 11.6 Å². The first kappa shape index (κ1) is 18.3. The minimum absolute atomic E-state index is 0.157. The van der Waals surface area contributed by atoms with Crippen molar-refractivity contribution in [3.8, 4) is 0 Å². The van der Waals surface area contributed by atoms with Crippen molar-refractivity contribution in [1.29, 1.82) is 0 Å². The van der Waals surface area contributed by atoms with E-state index in [1.54, 1.807) is 12.3 Å². The summed E-state index contributed by atoms with van der Waals surface area (Å²) in [5.41, 5.74) is 4.24. The summed E-state index contributed by atoms with van der Waals surface area (Å²) < 4.78 is 1.85. The first-order chi connectivity index (χ1) is 10.6. The number of carbonyl (C=O) groups excluding carboxylic acids is 1. The Labute approximate surface area is 134 Å². The van der Waals surface area contributed by atoms with Gasteiger partial charge in [-0.15, -0.1) is 0 Å². The summed E-state index contributed by atoms with van der Waals surface area (Å²) in [6.45, 7) is 4.21. The molecule has 0 aliphatic heterocycles. The highest BCUT2D eigenvalue weighted by Gasteiger charge is 2.07. The molecule has 1 amide bonds. The average Bonchev–Trinajstić information content (AvgIpc) is 2.51. The highest BCUT2D eigenvalue weighted by Crippen LogP contribution is 2.08. The van der Waals surface area contributed by atoms with E-state index in [1.807, 2.05) is 30.8 Å². The fourth-order valence-electron chi connectivity index (χ4n) is 2.33. The smallest absolute Gasteiger partial charge is 0.267 e. The molecular weight excluding hydrogens is 274 g/mol.